The Morgan fingerprint density at radius 2 is 0.729 bits per heavy atom. The molecule has 7 atom stereocenters. The quantitative estimate of drug-likeness (QED) is 0.0261. The minimum Gasteiger partial charge on any atom is -0.394 e. The summed E-state index contributed by atoms with van der Waals surface area (Å²) in [7, 11) is 0. The number of carbonyl (C=O) groups excluding carboxylic acids is 1. The fourth-order valence-electron chi connectivity index (χ4n) is 11.6. The average Bonchev–Trinajstić information content (AvgIpc) is 3.71. The normalized spacial score (nSPS) is 18.5. The molecule has 1 saturated heterocycles. The lowest BCUT2D eigenvalue weighted by Crippen LogP contribution is -2.60. The molecule has 1 heterocycles. The minimum atomic E-state index is -1.56. The van der Waals surface area contributed by atoms with Crippen LogP contribution in [0, 0.1) is 0 Å². The van der Waals surface area contributed by atoms with Crippen LogP contribution in [-0.2, 0) is 14.3 Å². The molecule has 0 saturated carbocycles. The summed E-state index contributed by atoms with van der Waals surface area (Å²) in [5.74, 6) is -0.140. The van der Waals surface area contributed by atoms with Crippen molar-refractivity contribution >= 4 is 5.91 Å². The van der Waals surface area contributed by atoms with Gasteiger partial charge in [-0.2, -0.15) is 0 Å². The maximum absolute atomic E-state index is 13.2. The Morgan fingerprint density at radius 3 is 1.08 bits per heavy atom. The van der Waals surface area contributed by atoms with Gasteiger partial charge >= 0.3 is 0 Å². The lowest BCUT2D eigenvalue weighted by Gasteiger charge is -2.40. The van der Waals surface area contributed by atoms with E-state index in [2.05, 4.69) is 92.1 Å². The number of hydrogen-bond acceptors (Lipinski definition) is 8. The zero-order valence-electron chi connectivity index (χ0n) is 55.6. The predicted molar refractivity (Wildman–Crippen MR) is 364 cm³/mol. The zero-order valence-corrected chi connectivity index (χ0v) is 55.6. The molecule has 1 amide bonds. The minimum absolute atomic E-state index is 0.137. The Hall–Kier alpha value is -2.37. The number of hydrogen-bond donors (Lipinski definition) is 6. The van der Waals surface area contributed by atoms with Crippen LogP contribution in [0.3, 0.4) is 0 Å². The van der Waals surface area contributed by atoms with E-state index in [4.69, 9.17) is 9.47 Å². The van der Waals surface area contributed by atoms with Crippen LogP contribution in [0.5, 0.6) is 0 Å². The smallest absolute Gasteiger partial charge is 0.220 e. The second kappa shape index (κ2) is 64.6. The van der Waals surface area contributed by atoms with E-state index < -0.39 is 49.5 Å². The average molecular weight is 1190 g/mol. The first-order valence-corrected chi connectivity index (χ1v) is 36.6. The zero-order chi connectivity index (χ0) is 61.4. The maximum atomic E-state index is 13.2. The van der Waals surface area contributed by atoms with Gasteiger partial charge in [0.2, 0.25) is 5.91 Å². The van der Waals surface area contributed by atoms with Crippen LogP contribution in [0.25, 0.3) is 0 Å². The Labute approximate surface area is 525 Å². The highest BCUT2D eigenvalue weighted by molar-refractivity contribution is 5.76. The van der Waals surface area contributed by atoms with Crippen molar-refractivity contribution in [1.29, 1.82) is 0 Å². The number of amides is 1. The van der Waals surface area contributed by atoms with Crippen molar-refractivity contribution in [2.24, 2.45) is 0 Å². The first kappa shape index (κ1) is 80.6. The highest BCUT2D eigenvalue weighted by Crippen LogP contribution is 2.24. The van der Waals surface area contributed by atoms with Crippen LogP contribution < -0.4 is 5.32 Å². The highest BCUT2D eigenvalue weighted by Gasteiger charge is 2.44. The molecule has 0 bridgehead atoms. The summed E-state index contributed by atoms with van der Waals surface area (Å²) in [4.78, 5) is 13.2. The number of allylic oxidation sites excluding steroid dienone is 12. The Balaban J connectivity index is 2.09. The number of nitrogens with one attached hydrogen (secondary N) is 1. The second-order valence-corrected chi connectivity index (χ2v) is 25.4. The highest BCUT2D eigenvalue weighted by atomic mass is 16.7. The fraction of sp³-hybridized carbons (Fsp3) is 0.829. The van der Waals surface area contributed by atoms with E-state index >= 15 is 0 Å². The lowest BCUT2D eigenvalue weighted by atomic mass is 9.99. The van der Waals surface area contributed by atoms with E-state index in [1.54, 1.807) is 0 Å². The van der Waals surface area contributed by atoms with E-state index in [0.717, 1.165) is 77.0 Å². The van der Waals surface area contributed by atoms with Gasteiger partial charge in [0, 0.05) is 6.42 Å². The van der Waals surface area contributed by atoms with Crippen LogP contribution in [0.2, 0.25) is 0 Å². The molecule has 85 heavy (non-hydrogen) atoms. The Bertz CT molecular complexity index is 1570. The lowest BCUT2D eigenvalue weighted by molar-refractivity contribution is -0.302. The largest absolute Gasteiger partial charge is 0.394 e. The molecule has 0 aliphatic carbocycles. The van der Waals surface area contributed by atoms with Crippen molar-refractivity contribution in [3.05, 3.63) is 72.9 Å². The summed E-state index contributed by atoms with van der Waals surface area (Å²) in [6.07, 6.45) is 84.0. The van der Waals surface area contributed by atoms with Crippen molar-refractivity contribution in [2.75, 3.05) is 13.2 Å². The molecular weight excluding hydrogens is 1050 g/mol. The summed E-state index contributed by atoms with van der Waals surface area (Å²) in [6, 6.07) is -0.723. The van der Waals surface area contributed by atoms with Gasteiger partial charge in [-0.05, 0) is 64.2 Å². The molecule has 1 aliphatic rings. The van der Waals surface area contributed by atoms with Crippen LogP contribution in [-0.4, -0.2) is 87.5 Å². The van der Waals surface area contributed by atoms with Gasteiger partial charge in [0.1, 0.15) is 24.4 Å². The van der Waals surface area contributed by atoms with Crippen LogP contribution >= 0.6 is 0 Å². The summed E-state index contributed by atoms with van der Waals surface area (Å²) in [6.45, 7) is 3.77. The fourth-order valence-corrected chi connectivity index (χ4v) is 11.6. The third-order valence-corrected chi connectivity index (χ3v) is 17.3. The first-order chi connectivity index (χ1) is 41.8. The molecule has 1 aliphatic heterocycles. The number of unbranched alkanes of at least 4 members (excludes halogenated alkanes) is 42. The van der Waals surface area contributed by atoms with Gasteiger partial charge in [0.05, 0.1) is 25.4 Å². The number of aliphatic hydroxyl groups excluding tert-OH is 5. The second-order valence-electron chi connectivity index (χ2n) is 25.4. The Kier molecular flexibility index (Phi) is 61.3. The van der Waals surface area contributed by atoms with Gasteiger partial charge in [-0.1, -0.05) is 350 Å². The molecule has 0 spiro atoms. The van der Waals surface area contributed by atoms with E-state index in [1.807, 2.05) is 0 Å². The predicted octanol–water partition coefficient (Wildman–Crippen LogP) is 20.3. The van der Waals surface area contributed by atoms with Crippen LogP contribution in [0.1, 0.15) is 348 Å². The number of carbonyl (C=O) groups is 1. The third kappa shape index (κ3) is 53.2. The molecule has 0 radical (unpaired) electrons. The van der Waals surface area contributed by atoms with E-state index in [9.17, 15) is 30.3 Å². The Morgan fingerprint density at radius 1 is 0.412 bits per heavy atom. The molecule has 0 aromatic carbocycles. The molecule has 0 aromatic heterocycles. The molecular formula is C76H139NO8. The molecule has 1 fully saturated rings. The van der Waals surface area contributed by atoms with Gasteiger partial charge in [-0.15, -0.1) is 0 Å². The third-order valence-electron chi connectivity index (χ3n) is 17.3. The van der Waals surface area contributed by atoms with Gasteiger partial charge in [-0.25, -0.2) is 0 Å². The van der Waals surface area contributed by atoms with Crippen molar-refractivity contribution in [3.63, 3.8) is 0 Å². The molecule has 0 aromatic rings. The topological polar surface area (TPSA) is 149 Å². The molecule has 7 unspecified atom stereocenters. The summed E-state index contributed by atoms with van der Waals surface area (Å²) in [5, 5.41) is 55.0. The van der Waals surface area contributed by atoms with Gasteiger partial charge in [0.15, 0.2) is 6.29 Å². The number of rotatable bonds is 64. The van der Waals surface area contributed by atoms with Crippen molar-refractivity contribution < 1.29 is 39.8 Å². The van der Waals surface area contributed by atoms with Crippen LogP contribution in [0.15, 0.2) is 72.9 Å². The molecule has 6 N–H and O–H groups in total. The maximum Gasteiger partial charge on any atom is 0.220 e. The van der Waals surface area contributed by atoms with Gasteiger partial charge in [0.25, 0.3) is 0 Å². The van der Waals surface area contributed by atoms with E-state index in [-0.39, 0.29) is 12.5 Å². The van der Waals surface area contributed by atoms with Gasteiger partial charge in [-0.3, -0.25) is 4.79 Å². The van der Waals surface area contributed by atoms with Crippen molar-refractivity contribution in [2.45, 2.75) is 391 Å². The monoisotopic (exact) mass is 1190 g/mol. The molecule has 9 nitrogen and oxygen atoms in total. The molecule has 9 heteroatoms. The summed E-state index contributed by atoms with van der Waals surface area (Å²) in [5.41, 5.74) is 0. The van der Waals surface area contributed by atoms with Crippen molar-refractivity contribution in [3.8, 4) is 0 Å². The van der Waals surface area contributed by atoms with E-state index in [0.29, 0.717) is 12.8 Å². The molecule has 1 rings (SSSR count). The number of ether oxygens (including phenoxy) is 2. The van der Waals surface area contributed by atoms with Crippen LogP contribution in [0.4, 0.5) is 0 Å². The first-order valence-electron chi connectivity index (χ1n) is 36.6. The van der Waals surface area contributed by atoms with Gasteiger partial charge < -0.3 is 40.3 Å². The summed E-state index contributed by atoms with van der Waals surface area (Å²) >= 11 is 0. The number of aliphatic hydroxyl groups is 5. The molecule has 496 valence electrons. The standard InChI is InChI=1S/C76H139NO8/c1-3-5-7-9-11-13-15-17-19-21-23-25-27-29-31-32-33-34-35-36-37-38-40-42-44-46-48-50-52-54-56-58-60-62-64-66-72(80)77-69(68-84-76-75(83)74(82)73(81)71(67-78)85-76)70(79)65-63-61-59-57-55-53-51-49-47-45-43-41-39-30-28-26-24-22-20-18-16-14-12-10-8-6-4-2/h5,7,11,13,17,19,23,25,29,31,33-34,69-71,73-76,78-79,81-83H,3-4,6,8-10,12,14-16,18,20-22,24,26-28,30,32,35-68H2,1-2H3,(H,77,80)/b7-5-,13-11-,19-17-,25-23-,31-29-,34-33-. The SMILES string of the molecule is CC/C=C\C/C=C\C/C=C\C/C=C\C/C=C\C/C=C\CCCCCCCCCCCCCCCCCCC(=O)NC(COC1OC(CO)C(O)C(O)C1O)C(O)CCCCCCCCCCCCCCCCCCCCCCCCCCCCC. The van der Waals surface area contributed by atoms with E-state index in [1.165, 1.54) is 244 Å². The van der Waals surface area contributed by atoms with Crippen molar-refractivity contribution in [1.82, 2.24) is 5.32 Å². The summed E-state index contributed by atoms with van der Waals surface area (Å²) < 4.78 is 11.4.